The SMILES string of the molecule is C[C@H](C(=O)O)N(C)C(=O)c1ccc(F)c(COc2ccc(F)cc2)c1. The van der Waals surface area contributed by atoms with E-state index in [0.29, 0.717) is 5.75 Å². The van der Waals surface area contributed by atoms with Crippen molar-refractivity contribution in [3.8, 4) is 5.75 Å². The number of carboxylic acids is 1. The largest absolute Gasteiger partial charge is 0.489 e. The van der Waals surface area contributed by atoms with Crippen molar-refractivity contribution in [1.82, 2.24) is 4.90 Å². The Hall–Kier alpha value is -2.96. The first-order valence-corrected chi connectivity index (χ1v) is 7.46. The lowest BCUT2D eigenvalue weighted by molar-refractivity contribution is -0.141. The van der Waals surface area contributed by atoms with Crippen molar-refractivity contribution in [3.05, 3.63) is 65.2 Å². The highest BCUT2D eigenvalue weighted by Gasteiger charge is 2.23. The molecule has 1 atom stereocenters. The van der Waals surface area contributed by atoms with E-state index in [0.717, 1.165) is 11.0 Å². The van der Waals surface area contributed by atoms with E-state index in [4.69, 9.17) is 9.84 Å². The van der Waals surface area contributed by atoms with Crippen LogP contribution in [0.3, 0.4) is 0 Å². The second-order valence-electron chi connectivity index (χ2n) is 5.48. The second kappa shape index (κ2) is 7.74. The lowest BCUT2D eigenvalue weighted by atomic mass is 10.1. The van der Waals surface area contributed by atoms with Crippen LogP contribution in [0.15, 0.2) is 42.5 Å². The van der Waals surface area contributed by atoms with Gasteiger partial charge in [-0.15, -0.1) is 0 Å². The summed E-state index contributed by atoms with van der Waals surface area (Å²) < 4.78 is 32.2. The molecule has 0 saturated carbocycles. The van der Waals surface area contributed by atoms with Crippen LogP contribution in [0.25, 0.3) is 0 Å². The van der Waals surface area contributed by atoms with Crippen LogP contribution in [0.5, 0.6) is 5.75 Å². The Balaban J connectivity index is 2.15. The van der Waals surface area contributed by atoms with E-state index in [9.17, 15) is 18.4 Å². The average Bonchev–Trinajstić information content (AvgIpc) is 2.60. The van der Waals surface area contributed by atoms with Crippen LogP contribution in [0, 0.1) is 11.6 Å². The molecule has 0 aliphatic heterocycles. The van der Waals surface area contributed by atoms with Gasteiger partial charge in [0.2, 0.25) is 0 Å². The fourth-order valence-electron chi connectivity index (χ4n) is 2.06. The Labute approximate surface area is 143 Å². The first-order chi connectivity index (χ1) is 11.8. The highest BCUT2D eigenvalue weighted by molar-refractivity contribution is 5.96. The molecule has 1 N–H and O–H groups in total. The maximum Gasteiger partial charge on any atom is 0.326 e. The Bertz CT molecular complexity index is 777. The molecule has 0 unspecified atom stereocenters. The van der Waals surface area contributed by atoms with Crippen LogP contribution in [-0.2, 0) is 11.4 Å². The number of benzene rings is 2. The molecule has 2 aromatic rings. The number of ether oxygens (including phenoxy) is 1. The van der Waals surface area contributed by atoms with Crippen molar-refractivity contribution in [3.63, 3.8) is 0 Å². The molecule has 7 heteroatoms. The maximum atomic E-state index is 13.9. The second-order valence-corrected chi connectivity index (χ2v) is 5.48. The van der Waals surface area contributed by atoms with Crippen LogP contribution < -0.4 is 4.74 Å². The van der Waals surface area contributed by atoms with Gasteiger partial charge in [-0.05, 0) is 49.4 Å². The molecule has 0 fully saturated rings. The first kappa shape index (κ1) is 18.4. The van der Waals surface area contributed by atoms with Crippen molar-refractivity contribution in [1.29, 1.82) is 0 Å². The number of carboxylic acid groups (broad SMARTS) is 1. The highest BCUT2D eigenvalue weighted by Crippen LogP contribution is 2.17. The molecule has 2 rings (SSSR count). The topological polar surface area (TPSA) is 66.8 Å². The summed E-state index contributed by atoms with van der Waals surface area (Å²) in [6.07, 6.45) is 0. The van der Waals surface area contributed by atoms with Crippen LogP contribution in [0.2, 0.25) is 0 Å². The standard InChI is InChI=1S/C18H17F2NO4/c1-11(18(23)24)21(2)17(22)12-3-8-16(20)13(9-12)10-25-15-6-4-14(19)5-7-15/h3-9,11H,10H2,1-2H3,(H,23,24)/t11-/m1/s1. The fourth-order valence-corrected chi connectivity index (χ4v) is 2.06. The maximum absolute atomic E-state index is 13.9. The smallest absolute Gasteiger partial charge is 0.326 e. The number of halogens is 2. The summed E-state index contributed by atoms with van der Waals surface area (Å²) in [5.41, 5.74) is 0.279. The molecule has 132 valence electrons. The number of likely N-dealkylation sites (N-methyl/N-ethyl adjacent to an activating group) is 1. The molecule has 25 heavy (non-hydrogen) atoms. The Morgan fingerprint density at radius 2 is 1.80 bits per heavy atom. The zero-order chi connectivity index (χ0) is 18.6. The number of amides is 1. The molecular formula is C18H17F2NO4. The third kappa shape index (κ3) is 4.53. The predicted octanol–water partition coefficient (Wildman–Crippen LogP) is 3.09. The number of nitrogens with zero attached hydrogens (tertiary/aromatic N) is 1. The van der Waals surface area contributed by atoms with Gasteiger partial charge in [0.1, 0.15) is 30.0 Å². The third-order valence-electron chi connectivity index (χ3n) is 3.76. The monoisotopic (exact) mass is 349 g/mol. The van der Waals surface area contributed by atoms with Gasteiger partial charge in [0, 0.05) is 18.2 Å². The highest BCUT2D eigenvalue weighted by atomic mass is 19.1. The van der Waals surface area contributed by atoms with E-state index in [1.807, 2.05) is 0 Å². The zero-order valence-corrected chi connectivity index (χ0v) is 13.7. The van der Waals surface area contributed by atoms with Crippen LogP contribution in [0.4, 0.5) is 8.78 Å². The number of hydrogen-bond donors (Lipinski definition) is 1. The van der Waals surface area contributed by atoms with Crippen LogP contribution in [-0.4, -0.2) is 35.0 Å². The molecule has 0 aromatic heterocycles. The summed E-state index contributed by atoms with van der Waals surface area (Å²) in [5.74, 6) is -2.31. The van der Waals surface area contributed by atoms with Crippen molar-refractivity contribution in [2.24, 2.45) is 0 Å². The van der Waals surface area contributed by atoms with Crippen molar-refractivity contribution >= 4 is 11.9 Å². The average molecular weight is 349 g/mol. The fraction of sp³-hybridized carbons (Fsp3) is 0.222. The number of carbonyl (C=O) groups excluding carboxylic acids is 1. The number of carbonyl (C=O) groups is 2. The number of hydrogen-bond acceptors (Lipinski definition) is 3. The quantitative estimate of drug-likeness (QED) is 0.870. The summed E-state index contributed by atoms with van der Waals surface area (Å²) in [7, 11) is 1.36. The first-order valence-electron chi connectivity index (χ1n) is 7.46. The van der Waals surface area contributed by atoms with E-state index in [2.05, 4.69) is 0 Å². The van der Waals surface area contributed by atoms with Crippen molar-refractivity contribution in [2.45, 2.75) is 19.6 Å². The van der Waals surface area contributed by atoms with Gasteiger partial charge >= 0.3 is 5.97 Å². The molecule has 1 amide bonds. The van der Waals surface area contributed by atoms with Gasteiger partial charge in [-0.2, -0.15) is 0 Å². The summed E-state index contributed by atoms with van der Waals surface area (Å²) in [6.45, 7) is 1.22. The lowest BCUT2D eigenvalue weighted by Crippen LogP contribution is -2.40. The molecule has 0 bridgehead atoms. The molecule has 0 heterocycles. The summed E-state index contributed by atoms with van der Waals surface area (Å²) in [4.78, 5) is 24.4. The minimum atomic E-state index is -1.14. The number of rotatable bonds is 6. The molecule has 0 spiro atoms. The Kier molecular flexibility index (Phi) is 5.69. The van der Waals surface area contributed by atoms with Crippen molar-refractivity contribution in [2.75, 3.05) is 7.05 Å². The third-order valence-corrected chi connectivity index (χ3v) is 3.76. The lowest BCUT2D eigenvalue weighted by Gasteiger charge is -2.21. The summed E-state index contributed by atoms with van der Waals surface area (Å²) in [5, 5.41) is 8.98. The predicted molar refractivity (Wildman–Crippen MR) is 86.3 cm³/mol. The van der Waals surface area contributed by atoms with Crippen LogP contribution >= 0.6 is 0 Å². The molecule has 0 aliphatic rings. The normalized spacial score (nSPS) is 11.7. The van der Waals surface area contributed by atoms with Crippen molar-refractivity contribution < 1.29 is 28.2 Å². The van der Waals surface area contributed by atoms with Gasteiger partial charge in [-0.25, -0.2) is 13.6 Å². The number of aliphatic carboxylic acids is 1. The minimum Gasteiger partial charge on any atom is -0.489 e. The Morgan fingerprint density at radius 1 is 1.16 bits per heavy atom. The summed E-state index contributed by atoms with van der Waals surface area (Å²) >= 11 is 0. The molecule has 0 radical (unpaired) electrons. The van der Waals surface area contributed by atoms with Gasteiger partial charge in [0.15, 0.2) is 0 Å². The van der Waals surface area contributed by atoms with Crippen LogP contribution in [0.1, 0.15) is 22.8 Å². The molecule has 2 aromatic carbocycles. The van der Waals surface area contributed by atoms with Gasteiger partial charge in [0.05, 0.1) is 0 Å². The van der Waals surface area contributed by atoms with E-state index < -0.39 is 29.6 Å². The molecule has 5 nitrogen and oxygen atoms in total. The van der Waals surface area contributed by atoms with E-state index in [-0.39, 0.29) is 17.7 Å². The summed E-state index contributed by atoms with van der Waals surface area (Å²) in [6, 6.07) is 7.94. The minimum absolute atomic E-state index is 0.131. The van der Waals surface area contributed by atoms with E-state index >= 15 is 0 Å². The van der Waals surface area contributed by atoms with E-state index in [1.165, 1.54) is 50.4 Å². The van der Waals surface area contributed by atoms with Gasteiger partial charge in [-0.1, -0.05) is 0 Å². The zero-order valence-electron chi connectivity index (χ0n) is 13.7. The molecule has 0 saturated heterocycles. The molecule has 0 aliphatic carbocycles. The Morgan fingerprint density at radius 3 is 2.40 bits per heavy atom. The van der Waals surface area contributed by atoms with Gasteiger partial charge < -0.3 is 14.7 Å². The van der Waals surface area contributed by atoms with E-state index in [1.54, 1.807) is 0 Å². The molecular weight excluding hydrogens is 332 g/mol. The van der Waals surface area contributed by atoms with Gasteiger partial charge in [0.25, 0.3) is 5.91 Å². The van der Waals surface area contributed by atoms with Gasteiger partial charge in [-0.3, -0.25) is 4.79 Å².